The Morgan fingerprint density at radius 3 is 2.78 bits per heavy atom. The lowest BCUT2D eigenvalue weighted by Crippen LogP contribution is -2.17. The van der Waals surface area contributed by atoms with Crippen molar-refractivity contribution in [3.63, 3.8) is 0 Å². The van der Waals surface area contributed by atoms with Crippen LogP contribution < -0.4 is 0 Å². The molecule has 0 unspecified atom stereocenters. The summed E-state index contributed by atoms with van der Waals surface area (Å²) in [6, 6.07) is 5.27. The van der Waals surface area contributed by atoms with E-state index in [1.807, 2.05) is 10.6 Å². The van der Waals surface area contributed by atoms with E-state index in [9.17, 15) is 4.79 Å². The Balaban J connectivity index is 2.49. The molecule has 0 saturated heterocycles. The van der Waals surface area contributed by atoms with Gasteiger partial charge in [0.05, 0.1) is 17.4 Å². The monoisotopic (exact) mass is 246 g/mol. The number of hydrogen-bond acceptors (Lipinski definition) is 2. The summed E-state index contributed by atoms with van der Waals surface area (Å²) >= 11 is 0. The summed E-state index contributed by atoms with van der Waals surface area (Å²) in [4.78, 5) is 15.4. The van der Waals surface area contributed by atoms with Gasteiger partial charge in [-0.05, 0) is 24.0 Å². The van der Waals surface area contributed by atoms with Crippen LogP contribution in [0.1, 0.15) is 37.6 Å². The second kappa shape index (κ2) is 4.44. The van der Waals surface area contributed by atoms with E-state index in [1.54, 1.807) is 18.5 Å². The van der Waals surface area contributed by atoms with Crippen molar-refractivity contribution in [1.82, 2.24) is 9.55 Å². The van der Waals surface area contributed by atoms with Gasteiger partial charge in [-0.2, -0.15) is 0 Å². The van der Waals surface area contributed by atoms with E-state index in [1.165, 1.54) is 0 Å². The summed E-state index contributed by atoms with van der Waals surface area (Å²) in [6.07, 6.45) is 2.79. The third-order valence-corrected chi connectivity index (χ3v) is 3.44. The minimum atomic E-state index is -0.930. The molecule has 2 aromatic rings. The number of carbonyl (C=O) groups is 1. The lowest BCUT2D eigenvalue weighted by Gasteiger charge is -2.23. The molecule has 1 heterocycles. The lowest BCUT2D eigenvalue weighted by molar-refractivity contribution is 0.0699. The first kappa shape index (κ1) is 12.6. The Bertz CT molecular complexity index is 584. The van der Waals surface area contributed by atoms with E-state index in [2.05, 4.69) is 25.8 Å². The van der Waals surface area contributed by atoms with E-state index < -0.39 is 5.97 Å². The van der Waals surface area contributed by atoms with Crippen molar-refractivity contribution in [2.75, 3.05) is 0 Å². The summed E-state index contributed by atoms with van der Waals surface area (Å²) in [7, 11) is 0. The lowest BCUT2D eigenvalue weighted by atomic mass is 9.90. The topological polar surface area (TPSA) is 55.1 Å². The molecule has 18 heavy (non-hydrogen) atoms. The van der Waals surface area contributed by atoms with Gasteiger partial charge in [-0.3, -0.25) is 0 Å². The first-order chi connectivity index (χ1) is 8.44. The van der Waals surface area contributed by atoms with Crippen LogP contribution in [0.5, 0.6) is 0 Å². The molecule has 96 valence electrons. The molecule has 2 rings (SSSR count). The van der Waals surface area contributed by atoms with Gasteiger partial charge in [-0.25, -0.2) is 9.78 Å². The Morgan fingerprint density at radius 2 is 2.17 bits per heavy atom. The largest absolute Gasteiger partial charge is 0.478 e. The van der Waals surface area contributed by atoms with Crippen molar-refractivity contribution in [3.8, 4) is 0 Å². The Hall–Kier alpha value is -1.84. The fourth-order valence-electron chi connectivity index (χ4n) is 1.96. The van der Waals surface area contributed by atoms with Crippen LogP contribution in [0.25, 0.3) is 11.0 Å². The molecule has 0 atom stereocenters. The van der Waals surface area contributed by atoms with Gasteiger partial charge in [-0.15, -0.1) is 0 Å². The number of benzene rings is 1. The summed E-state index contributed by atoms with van der Waals surface area (Å²) < 4.78 is 2.03. The zero-order chi connectivity index (χ0) is 13.3. The number of para-hydroxylation sites is 1. The van der Waals surface area contributed by atoms with E-state index in [4.69, 9.17) is 5.11 Å². The Labute approximate surface area is 106 Å². The highest BCUT2D eigenvalue weighted by Crippen LogP contribution is 2.25. The molecule has 0 aliphatic heterocycles. The molecule has 0 aliphatic carbocycles. The van der Waals surface area contributed by atoms with Crippen LogP contribution in [0.3, 0.4) is 0 Å². The maximum Gasteiger partial charge on any atom is 0.337 e. The van der Waals surface area contributed by atoms with Crippen LogP contribution in [0, 0.1) is 5.41 Å². The molecule has 0 saturated carbocycles. The van der Waals surface area contributed by atoms with Crippen LogP contribution in [-0.4, -0.2) is 20.6 Å². The van der Waals surface area contributed by atoms with Crippen LogP contribution in [-0.2, 0) is 6.54 Å². The fourth-order valence-corrected chi connectivity index (χ4v) is 1.96. The van der Waals surface area contributed by atoms with Crippen LogP contribution in [0.4, 0.5) is 0 Å². The van der Waals surface area contributed by atoms with Crippen LogP contribution in [0.15, 0.2) is 24.5 Å². The summed E-state index contributed by atoms with van der Waals surface area (Å²) in [5.41, 5.74) is 1.89. The van der Waals surface area contributed by atoms with Crippen molar-refractivity contribution in [2.24, 2.45) is 5.41 Å². The molecule has 1 aromatic heterocycles. The Kier molecular flexibility index (Phi) is 3.11. The highest BCUT2D eigenvalue weighted by atomic mass is 16.4. The predicted octanol–water partition coefficient (Wildman–Crippen LogP) is 3.17. The van der Waals surface area contributed by atoms with E-state index in [-0.39, 0.29) is 11.0 Å². The number of carboxylic acid groups (broad SMARTS) is 1. The number of aromatic carboxylic acids is 1. The first-order valence-electron chi connectivity index (χ1n) is 6.12. The smallest absolute Gasteiger partial charge is 0.337 e. The molecular formula is C14H18N2O2. The molecular weight excluding hydrogens is 228 g/mol. The van der Waals surface area contributed by atoms with Crippen molar-refractivity contribution in [2.45, 2.75) is 33.7 Å². The molecule has 0 aliphatic rings. The van der Waals surface area contributed by atoms with Crippen LogP contribution in [0.2, 0.25) is 0 Å². The van der Waals surface area contributed by atoms with E-state index >= 15 is 0 Å². The van der Waals surface area contributed by atoms with Gasteiger partial charge in [0.15, 0.2) is 0 Å². The maximum absolute atomic E-state index is 11.1. The molecule has 1 N–H and O–H groups in total. The normalized spacial score (nSPS) is 11.9. The number of hydrogen-bond donors (Lipinski definition) is 1. The van der Waals surface area contributed by atoms with Crippen molar-refractivity contribution in [3.05, 3.63) is 30.1 Å². The second-order valence-corrected chi connectivity index (χ2v) is 5.37. The molecule has 4 nitrogen and oxygen atoms in total. The quantitative estimate of drug-likeness (QED) is 0.901. The molecule has 1 aromatic carbocycles. The highest BCUT2D eigenvalue weighted by Gasteiger charge is 2.18. The maximum atomic E-state index is 11.1. The average Bonchev–Trinajstić information content (AvgIpc) is 2.72. The SMILES string of the molecule is CCC(C)(C)Cn1cnc2c(C(=O)O)cccc21. The van der Waals surface area contributed by atoms with Gasteiger partial charge >= 0.3 is 5.97 Å². The number of aromatic nitrogens is 2. The summed E-state index contributed by atoms with van der Waals surface area (Å²) in [6.45, 7) is 7.38. The van der Waals surface area contributed by atoms with Gasteiger partial charge in [0.25, 0.3) is 0 Å². The van der Waals surface area contributed by atoms with Gasteiger partial charge in [0.2, 0.25) is 0 Å². The highest BCUT2D eigenvalue weighted by molar-refractivity contribution is 6.00. The van der Waals surface area contributed by atoms with Crippen molar-refractivity contribution < 1.29 is 9.90 Å². The molecule has 0 bridgehead atoms. The molecule has 4 heteroatoms. The zero-order valence-corrected chi connectivity index (χ0v) is 11.0. The molecule has 0 spiro atoms. The third-order valence-electron chi connectivity index (χ3n) is 3.44. The average molecular weight is 246 g/mol. The van der Waals surface area contributed by atoms with Crippen LogP contribution >= 0.6 is 0 Å². The number of nitrogens with zero attached hydrogens (tertiary/aromatic N) is 2. The van der Waals surface area contributed by atoms with Gasteiger partial charge in [0.1, 0.15) is 5.52 Å². The van der Waals surface area contributed by atoms with Crippen molar-refractivity contribution >= 4 is 17.0 Å². The minimum Gasteiger partial charge on any atom is -0.478 e. The zero-order valence-electron chi connectivity index (χ0n) is 11.0. The molecule has 0 radical (unpaired) electrons. The molecule has 0 fully saturated rings. The third kappa shape index (κ3) is 2.23. The van der Waals surface area contributed by atoms with Gasteiger partial charge in [-0.1, -0.05) is 26.8 Å². The minimum absolute atomic E-state index is 0.173. The van der Waals surface area contributed by atoms with Gasteiger partial charge < -0.3 is 9.67 Å². The summed E-state index contributed by atoms with van der Waals surface area (Å²) in [5, 5.41) is 9.12. The second-order valence-electron chi connectivity index (χ2n) is 5.37. The number of imidazole rings is 1. The Morgan fingerprint density at radius 1 is 1.44 bits per heavy atom. The number of rotatable bonds is 4. The number of carboxylic acids is 1. The summed E-state index contributed by atoms with van der Waals surface area (Å²) in [5.74, 6) is -0.930. The van der Waals surface area contributed by atoms with E-state index in [0.29, 0.717) is 5.52 Å². The first-order valence-corrected chi connectivity index (χ1v) is 6.12. The predicted molar refractivity (Wildman–Crippen MR) is 70.8 cm³/mol. The van der Waals surface area contributed by atoms with Crippen molar-refractivity contribution in [1.29, 1.82) is 0 Å². The molecule has 0 amide bonds. The standard InChI is InChI=1S/C14H18N2O2/c1-4-14(2,3)8-16-9-15-12-10(13(17)18)6-5-7-11(12)16/h5-7,9H,4,8H2,1-3H3,(H,17,18). The van der Waals surface area contributed by atoms with Gasteiger partial charge in [0, 0.05) is 6.54 Å². The number of fused-ring (bicyclic) bond motifs is 1. The van der Waals surface area contributed by atoms with E-state index in [0.717, 1.165) is 18.5 Å². The fraction of sp³-hybridized carbons (Fsp3) is 0.429.